The molecule has 0 saturated heterocycles. The summed E-state index contributed by atoms with van der Waals surface area (Å²) in [7, 11) is -4.01. The van der Waals surface area contributed by atoms with E-state index >= 15 is 0 Å². The van der Waals surface area contributed by atoms with Gasteiger partial charge in [0.1, 0.15) is 17.0 Å². The Morgan fingerprint density at radius 1 is 1.28 bits per heavy atom. The fourth-order valence-corrected chi connectivity index (χ4v) is 5.40. The molecule has 6 nitrogen and oxygen atoms in total. The minimum Gasteiger partial charge on any atom is -0.441 e. The maximum absolute atomic E-state index is 14.8. The molecule has 1 saturated carbocycles. The minimum absolute atomic E-state index is 0.0580. The van der Waals surface area contributed by atoms with Crippen LogP contribution in [-0.4, -0.2) is 30.4 Å². The van der Waals surface area contributed by atoms with Gasteiger partial charge >= 0.3 is 0 Å². The predicted octanol–water partition coefficient (Wildman–Crippen LogP) is 3.56. The van der Waals surface area contributed by atoms with Gasteiger partial charge in [0.15, 0.2) is 23.6 Å². The molecule has 0 spiro atoms. The summed E-state index contributed by atoms with van der Waals surface area (Å²) < 4.78 is 76.9. The number of aromatic nitrogens is 1. The molecule has 1 fully saturated rings. The van der Waals surface area contributed by atoms with Gasteiger partial charge in [0.25, 0.3) is 0 Å². The van der Waals surface area contributed by atoms with Gasteiger partial charge in [0.05, 0.1) is 5.25 Å². The first-order valence-electron chi connectivity index (χ1n) is 8.52. The van der Waals surface area contributed by atoms with E-state index in [-0.39, 0.29) is 29.9 Å². The van der Waals surface area contributed by atoms with Crippen LogP contribution in [0, 0.1) is 26.9 Å². The van der Waals surface area contributed by atoms with Crippen molar-refractivity contribution in [2.45, 2.75) is 18.1 Å². The van der Waals surface area contributed by atoms with E-state index in [1.807, 2.05) is 22.6 Å². The van der Waals surface area contributed by atoms with E-state index < -0.39 is 56.1 Å². The van der Waals surface area contributed by atoms with Crippen LogP contribution in [0.5, 0.6) is 0 Å². The van der Waals surface area contributed by atoms with Crippen LogP contribution in [0.25, 0.3) is 11.1 Å². The minimum atomic E-state index is -4.01. The lowest BCUT2D eigenvalue weighted by Crippen LogP contribution is -2.21. The number of hydrogen-bond acceptors (Lipinski definition) is 5. The lowest BCUT2D eigenvalue weighted by molar-refractivity contribution is 0.277. The fourth-order valence-electron chi connectivity index (χ4n) is 3.20. The normalized spacial score (nSPS) is 18.9. The highest BCUT2D eigenvalue weighted by atomic mass is 127. The van der Waals surface area contributed by atoms with Crippen molar-refractivity contribution in [3.8, 4) is 0 Å². The van der Waals surface area contributed by atoms with E-state index in [1.54, 1.807) is 6.07 Å². The zero-order valence-electron chi connectivity index (χ0n) is 14.6. The molecule has 2 atom stereocenters. The lowest BCUT2D eigenvalue weighted by Gasteiger charge is -2.15. The van der Waals surface area contributed by atoms with Crippen molar-refractivity contribution in [1.29, 1.82) is 0 Å². The van der Waals surface area contributed by atoms with Gasteiger partial charge in [-0.1, -0.05) is 6.07 Å². The molecule has 1 aromatic heterocycles. The van der Waals surface area contributed by atoms with Crippen molar-refractivity contribution >= 4 is 49.4 Å². The quantitative estimate of drug-likeness (QED) is 0.469. The summed E-state index contributed by atoms with van der Waals surface area (Å²) in [6, 6.07) is 4.25. The number of oxazole rings is 1. The van der Waals surface area contributed by atoms with Crippen LogP contribution in [0.4, 0.5) is 18.9 Å². The van der Waals surface area contributed by atoms with Crippen molar-refractivity contribution in [1.82, 2.24) is 4.98 Å². The second kappa shape index (κ2) is 7.43. The molecule has 4 rings (SSSR count). The number of anilines is 1. The number of halogens is 4. The van der Waals surface area contributed by atoms with Crippen LogP contribution in [0.2, 0.25) is 0 Å². The van der Waals surface area contributed by atoms with Gasteiger partial charge < -0.3 is 9.52 Å². The maximum Gasteiger partial charge on any atom is 0.236 e. The van der Waals surface area contributed by atoms with Crippen molar-refractivity contribution in [3.63, 3.8) is 0 Å². The number of aliphatic hydroxyl groups excluding tert-OH is 1. The first-order valence-corrected chi connectivity index (χ1v) is 11.1. The SMILES string of the molecule is O=S(=O)(Nc1c(Cc2ccc(I)cc2F)c(F)c(F)c2ncoc12)C1CC1CO. The summed E-state index contributed by atoms with van der Waals surface area (Å²) in [5.41, 5.74) is -1.41. The molecule has 1 heterocycles. The number of rotatable bonds is 6. The smallest absolute Gasteiger partial charge is 0.236 e. The van der Waals surface area contributed by atoms with Crippen molar-refractivity contribution in [2.24, 2.45) is 5.92 Å². The Kier molecular flexibility index (Phi) is 5.23. The van der Waals surface area contributed by atoms with Crippen LogP contribution >= 0.6 is 22.6 Å². The van der Waals surface area contributed by atoms with Crippen LogP contribution in [0.1, 0.15) is 17.5 Å². The molecule has 1 aliphatic carbocycles. The largest absolute Gasteiger partial charge is 0.441 e. The molecule has 0 bridgehead atoms. The van der Waals surface area contributed by atoms with E-state index in [1.165, 1.54) is 12.1 Å². The Balaban J connectivity index is 1.84. The number of aliphatic hydroxyl groups is 1. The first-order chi connectivity index (χ1) is 13.7. The van der Waals surface area contributed by atoms with Gasteiger partial charge in [0, 0.05) is 28.1 Å². The van der Waals surface area contributed by atoms with Gasteiger partial charge in [-0.15, -0.1) is 0 Å². The Morgan fingerprint density at radius 2 is 2.03 bits per heavy atom. The summed E-state index contributed by atoms with van der Waals surface area (Å²) in [5, 5.41) is 8.30. The third-order valence-electron chi connectivity index (χ3n) is 4.88. The molecule has 2 aromatic carbocycles. The molecule has 0 aliphatic heterocycles. The van der Waals surface area contributed by atoms with Gasteiger partial charge in [-0.3, -0.25) is 4.72 Å². The van der Waals surface area contributed by atoms with Crippen LogP contribution in [-0.2, 0) is 16.4 Å². The van der Waals surface area contributed by atoms with E-state index in [4.69, 9.17) is 9.52 Å². The van der Waals surface area contributed by atoms with Gasteiger partial charge in [-0.05, 0) is 46.7 Å². The first kappa shape index (κ1) is 20.4. The summed E-state index contributed by atoms with van der Waals surface area (Å²) in [6.07, 6.45) is 0.706. The monoisotopic (exact) mass is 538 g/mol. The maximum atomic E-state index is 14.8. The Hall–Kier alpha value is -1.86. The summed E-state index contributed by atoms with van der Waals surface area (Å²) in [6.45, 7) is -0.304. The Bertz CT molecular complexity index is 1220. The van der Waals surface area contributed by atoms with Gasteiger partial charge in [0.2, 0.25) is 10.0 Å². The molecule has 154 valence electrons. The highest BCUT2D eigenvalue weighted by Gasteiger charge is 2.47. The van der Waals surface area contributed by atoms with Crippen LogP contribution < -0.4 is 4.72 Å². The summed E-state index contributed by atoms with van der Waals surface area (Å²) in [5.74, 6) is -3.71. The van der Waals surface area contributed by atoms with E-state index in [2.05, 4.69) is 9.71 Å². The van der Waals surface area contributed by atoms with Crippen molar-refractivity contribution < 1.29 is 31.1 Å². The third-order valence-corrected chi connectivity index (χ3v) is 7.41. The van der Waals surface area contributed by atoms with Crippen LogP contribution in [0.15, 0.2) is 29.0 Å². The van der Waals surface area contributed by atoms with Gasteiger partial charge in [-0.25, -0.2) is 26.6 Å². The molecule has 29 heavy (non-hydrogen) atoms. The summed E-state index contributed by atoms with van der Waals surface area (Å²) >= 11 is 1.91. The average molecular weight is 538 g/mol. The number of nitrogens with zero attached hydrogens (tertiary/aromatic N) is 1. The molecule has 3 aromatic rings. The molecular weight excluding hydrogens is 524 g/mol. The molecule has 2 unspecified atom stereocenters. The molecule has 0 radical (unpaired) electrons. The van der Waals surface area contributed by atoms with Crippen molar-refractivity contribution in [2.75, 3.05) is 11.3 Å². The van der Waals surface area contributed by atoms with E-state index in [9.17, 15) is 21.6 Å². The third kappa shape index (κ3) is 3.70. The molecule has 11 heteroatoms. The topological polar surface area (TPSA) is 92.4 Å². The lowest BCUT2D eigenvalue weighted by atomic mass is 10.0. The molecule has 1 aliphatic rings. The second-order valence-corrected chi connectivity index (χ2v) is 9.93. The van der Waals surface area contributed by atoms with E-state index in [0.717, 1.165) is 6.39 Å². The molecular formula is C18H14F3IN2O4S. The van der Waals surface area contributed by atoms with Crippen molar-refractivity contribution in [3.05, 3.63) is 56.7 Å². The number of sulfonamides is 1. The standard InChI is InChI=1S/C18H14F3IN2O4S/c19-12-5-10(22)2-1-8(12)3-11-14(20)15(21)17-18(28-7-23-17)16(11)24-29(26,27)13-4-9(13)6-25/h1-2,5,7,9,13,24-25H,3-4,6H2. The average Bonchev–Trinajstić information content (AvgIpc) is 3.33. The molecule has 2 N–H and O–H groups in total. The highest BCUT2D eigenvalue weighted by Crippen LogP contribution is 2.40. The van der Waals surface area contributed by atoms with E-state index in [0.29, 0.717) is 3.57 Å². The highest BCUT2D eigenvalue weighted by molar-refractivity contribution is 14.1. The number of benzene rings is 2. The Labute approximate surface area is 177 Å². The second-order valence-electron chi connectivity index (χ2n) is 6.79. The predicted molar refractivity (Wildman–Crippen MR) is 107 cm³/mol. The Morgan fingerprint density at radius 3 is 2.69 bits per heavy atom. The van der Waals surface area contributed by atoms with Gasteiger partial charge in [-0.2, -0.15) is 0 Å². The number of nitrogens with one attached hydrogen (secondary N) is 1. The fraction of sp³-hybridized carbons (Fsp3) is 0.278. The number of fused-ring (bicyclic) bond motifs is 1. The zero-order chi connectivity index (χ0) is 20.9. The molecule has 0 amide bonds. The zero-order valence-corrected chi connectivity index (χ0v) is 17.6. The number of hydrogen-bond donors (Lipinski definition) is 2. The van der Waals surface area contributed by atoms with Crippen LogP contribution in [0.3, 0.4) is 0 Å². The summed E-state index contributed by atoms with van der Waals surface area (Å²) in [4.78, 5) is 3.61.